The van der Waals surface area contributed by atoms with Crippen LogP contribution >= 0.6 is 0 Å². The summed E-state index contributed by atoms with van der Waals surface area (Å²) >= 11 is 0. The minimum Gasteiger partial charge on any atom is -0.493 e. The molecule has 3 aromatic carbocycles. The quantitative estimate of drug-likeness (QED) is 0.158. The Hall–Kier alpha value is -3.33. The second-order valence-electron chi connectivity index (χ2n) is 8.28. The third-order valence-corrected chi connectivity index (χ3v) is 6.02. The molecular formula is C29H30O3. The lowest BCUT2D eigenvalue weighted by molar-refractivity contribution is -0.137. The average Bonchev–Trinajstić information content (AvgIpc) is 3.15. The van der Waals surface area contributed by atoms with Crippen molar-refractivity contribution < 1.29 is 14.3 Å². The number of fused-ring (bicyclic) bond motifs is 3. The number of carbonyl (C=O) groups is 1. The van der Waals surface area contributed by atoms with Gasteiger partial charge in [0.05, 0.1) is 13.2 Å². The van der Waals surface area contributed by atoms with Crippen molar-refractivity contribution in [3.05, 3.63) is 102 Å². The molecule has 32 heavy (non-hydrogen) atoms. The Bertz CT molecular complexity index is 1050. The summed E-state index contributed by atoms with van der Waals surface area (Å²) in [4.78, 5) is 11.1. The second-order valence-corrected chi connectivity index (χ2v) is 8.28. The van der Waals surface area contributed by atoms with Crippen LogP contribution in [0.5, 0.6) is 5.75 Å². The van der Waals surface area contributed by atoms with Gasteiger partial charge in [0.1, 0.15) is 5.75 Å². The summed E-state index contributed by atoms with van der Waals surface area (Å²) in [6.45, 7) is 6.67. The van der Waals surface area contributed by atoms with Crippen molar-refractivity contribution >= 4 is 5.97 Å². The molecule has 0 atom stereocenters. The SMILES string of the molecule is C=CC(=O)OCCCCCCOc1ccc(C)cc1C1c2ccccc2-c2ccccc21. The summed E-state index contributed by atoms with van der Waals surface area (Å²) < 4.78 is 11.3. The maximum atomic E-state index is 11.1. The van der Waals surface area contributed by atoms with E-state index in [1.165, 1.54) is 39.5 Å². The number of hydrogen-bond donors (Lipinski definition) is 0. The van der Waals surface area contributed by atoms with Gasteiger partial charge in [-0.15, -0.1) is 0 Å². The molecule has 1 aliphatic carbocycles. The summed E-state index contributed by atoms with van der Waals surface area (Å²) in [5, 5.41) is 0. The van der Waals surface area contributed by atoms with Gasteiger partial charge in [-0.25, -0.2) is 4.79 Å². The molecule has 0 saturated heterocycles. The Morgan fingerprint density at radius 3 is 2.12 bits per heavy atom. The van der Waals surface area contributed by atoms with Crippen LogP contribution in [0.4, 0.5) is 0 Å². The van der Waals surface area contributed by atoms with E-state index in [0.717, 1.165) is 31.4 Å². The standard InChI is InChI=1S/C29H30O3/c1-3-28(30)32-19-11-5-4-10-18-31-27-17-16-21(2)20-26(27)29-24-14-8-6-12-22(24)23-13-7-9-15-25(23)29/h3,6-9,12-17,20,29H,1,4-5,10-11,18-19H2,2H3. The molecule has 3 aromatic rings. The van der Waals surface area contributed by atoms with E-state index in [4.69, 9.17) is 9.47 Å². The highest BCUT2D eigenvalue weighted by Gasteiger charge is 2.31. The number of carbonyl (C=O) groups excluding carboxylic acids is 1. The molecule has 0 aliphatic heterocycles. The van der Waals surface area contributed by atoms with Crippen molar-refractivity contribution in [3.8, 4) is 16.9 Å². The Kier molecular flexibility index (Phi) is 7.06. The van der Waals surface area contributed by atoms with Gasteiger partial charge in [0.25, 0.3) is 0 Å². The molecule has 164 valence electrons. The number of benzene rings is 3. The Labute approximate surface area is 190 Å². The van der Waals surface area contributed by atoms with E-state index < -0.39 is 0 Å². The van der Waals surface area contributed by atoms with Crippen LogP contribution < -0.4 is 4.74 Å². The third kappa shape index (κ3) is 4.77. The highest BCUT2D eigenvalue weighted by atomic mass is 16.5. The van der Waals surface area contributed by atoms with E-state index in [-0.39, 0.29) is 11.9 Å². The molecule has 3 heteroatoms. The van der Waals surface area contributed by atoms with Crippen molar-refractivity contribution in [2.24, 2.45) is 0 Å². The Morgan fingerprint density at radius 2 is 1.47 bits per heavy atom. The first kappa shape index (κ1) is 21.9. The van der Waals surface area contributed by atoms with Crippen LogP contribution in [0.2, 0.25) is 0 Å². The van der Waals surface area contributed by atoms with Gasteiger partial charge in [-0.3, -0.25) is 0 Å². The molecule has 0 saturated carbocycles. The molecule has 0 fully saturated rings. The molecule has 0 radical (unpaired) electrons. The molecular weight excluding hydrogens is 396 g/mol. The molecule has 3 nitrogen and oxygen atoms in total. The zero-order valence-corrected chi connectivity index (χ0v) is 18.7. The number of esters is 1. The predicted molar refractivity (Wildman–Crippen MR) is 129 cm³/mol. The van der Waals surface area contributed by atoms with Gasteiger partial charge >= 0.3 is 5.97 Å². The highest BCUT2D eigenvalue weighted by Crippen LogP contribution is 2.49. The Morgan fingerprint density at radius 1 is 0.844 bits per heavy atom. The fraction of sp³-hybridized carbons (Fsp3) is 0.276. The van der Waals surface area contributed by atoms with Crippen LogP contribution in [0.3, 0.4) is 0 Å². The number of ether oxygens (including phenoxy) is 2. The van der Waals surface area contributed by atoms with Gasteiger partial charge in [0, 0.05) is 17.6 Å². The average molecular weight is 427 g/mol. The van der Waals surface area contributed by atoms with Crippen LogP contribution in [-0.2, 0) is 9.53 Å². The maximum absolute atomic E-state index is 11.1. The fourth-order valence-electron chi connectivity index (χ4n) is 4.49. The number of rotatable bonds is 10. The molecule has 0 heterocycles. The minimum absolute atomic E-state index is 0.192. The van der Waals surface area contributed by atoms with Gasteiger partial charge in [-0.1, -0.05) is 72.8 Å². The maximum Gasteiger partial charge on any atom is 0.330 e. The van der Waals surface area contributed by atoms with Gasteiger partial charge in [0.2, 0.25) is 0 Å². The summed E-state index contributed by atoms with van der Waals surface area (Å²) in [6, 6.07) is 23.9. The molecule has 1 aliphatic rings. The largest absolute Gasteiger partial charge is 0.493 e. The summed E-state index contributed by atoms with van der Waals surface area (Å²) in [6.07, 6.45) is 5.10. The van der Waals surface area contributed by atoms with E-state index in [9.17, 15) is 4.79 Å². The van der Waals surface area contributed by atoms with Crippen molar-refractivity contribution in [2.75, 3.05) is 13.2 Å². The van der Waals surface area contributed by atoms with Crippen LogP contribution in [0.25, 0.3) is 11.1 Å². The minimum atomic E-state index is -0.352. The smallest absolute Gasteiger partial charge is 0.330 e. The lowest BCUT2D eigenvalue weighted by atomic mass is 9.88. The summed E-state index contributed by atoms with van der Waals surface area (Å²) in [5.41, 5.74) is 7.80. The van der Waals surface area contributed by atoms with Crippen molar-refractivity contribution in [3.63, 3.8) is 0 Å². The zero-order chi connectivity index (χ0) is 22.3. The molecule has 0 N–H and O–H groups in total. The third-order valence-electron chi connectivity index (χ3n) is 6.02. The molecule has 0 spiro atoms. The second kappa shape index (κ2) is 10.3. The van der Waals surface area contributed by atoms with E-state index in [1.807, 2.05) is 0 Å². The van der Waals surface area contributed by atoms with Gasteiger partial charge in [-0.2, -0.15) is 0 Å². The molecule has 0 aromatic heterocycles. The van der Waals surface area contributed by atoms with Crippen LogP contribution in [0.1, 0.15) is 53.9 Å². The zero-order valence-electron chi connectivity index (χ0n) is 18.7. The van der Waals surface area contributed by atoms with Crippen molar-refractivity contribution in [1.82, 2.24) is 0 Å². The van der Waals surface area contributed by atoms with Crippen molar-refractivity contribution in [1.29, 1.82) is 0 Å². The van der Waals surface area contributed by atoms with E-state index in [1.54, 1.807) is 0 Å². The van der Waals surface area contributed by atoms with E-state index in [0.29, 0.717) is 13.2 Å². The molecule has 0 amide bonds. The molecule has 0 unspecified atom stereocenters. The predicted octanol–water partition coefficient (Wildman–Crippen LogP) is 6.82. The van der Waals surface area contributed by atoms with Crippen molar-refractivity contribution in [2.45, 2.75) is 38.5 Å². The number of hydrogen-bond acceptors (Lipinski definition) is 3. The fourth-order valence-corrected chi connectivity index (χ4v) is 4.49. The van der Waals surface area contributed by atoms with Gasteiger partial charge < -0.3 is 9.47 Å². The molecule has 4 rings (SSSR count). The van der Waals surface area contributed by atoms with Gasteiger partial charge in [-0.05, 0) is 60.9 Å². The number of aryl methyl sites for hydroxylation is 1. The monoisotopic (exact) mass is 426 g/mol. The van der Waals surface area contributed by atoms with E-state index in [2.05, 4.69) is 80.2 Å². The van der Waals surface area contributed by atoms with Crippen LogP contribution in [-0.4, -0.2) is 19.2 Å². The Balaban J connectivity index is 1.44. The van der Waals surface area contributed by atoms with Gasteiger partial charge in [0.15, 0.2) is 0 Å². The lowest BCUT2D eigenvalue weighted by Crippen LogP contribution is -2.06. The topological polar surface area (TPSA) is 35.5 Å². The van der Waals surface area contributed by atoms with Crippen LogP contribution in [0.15, 0.2) is 79.4 Å². The summed E-state index contributed by atoms with van der Waals surface area (Å²) in [5.74, 6) is 0.805. The summed E-state index contributed by atoms with van der Waals surface area (Å²) in [7, 11) is 0. The van der Waals surface area contributed by atoms with E-state index >= 15 is 0 Å². The molecule has 0 bridgehead atoms. The highest BCUT2D eigenvalue weighted by molar-refractivity contribution is 5.81. The first-order valence-electron chi connectivity index (χ1n) is 11.4. The first-order valence-corrected chi connectivity index (χ1v) is 11.4. The lowest BCUT2D eigenvalue weighted by Gasteiger charge is -2.19. The first-order chi connectivity index (χ1) is 15.7. The van der Waals surface area contributed by atoms with Crippen LogP contribution in [0, 0.1) is 6.92 Å². The number of unbranched alkanes of at least 4 members (excludes halogenated alkanes) is 3. The normalized spacial score (nSPS) is 12.2.